The van der Waals surface area contributed by atoms with Crippen molar-refractivity contribution >= 4 is 10.0 Å². The van der Waals surface area contributed by atoms with E-state index in [0.717, 1.165) is 59.3 Å². The summed E-state index contributed by atoms with van der Waals surface area (Å²) in [6.07, 6.45) is 7.19. The summed E-state index contributed by atoms with van der Waals surface area (Å²) in [5, 5.41) is 0. The molecule has 3 nitrogen and oxygen atoms in total. The summed E-state index contributed by atoms with van der Waals surface area (Å²) in [5.41, 5.74) is 3.84. The Kier molecular flexibility index (Phi) is 3.90. The van der Waals surface area contributed by atoms with Crippen LogP contribution in [-0.2, 0) is 10.0 Å². The van der Waals surface area contributed by atoms with Crippen LogP contribution in [0.15, 0.2) is 11.0 Å². The topological polar surface area (TPSA) is 37.4 Å². The largest absolute Gasteiger partial charge is 0.243 e. The maximum atomic E-state index is 13.7. The molecule has 4 aliphatic rings. The van der Waals surface area contributed by atoms with Crippen LogP contribution in [0, 0.1) is 45.4 Å². The Bertz CT molecular complexity index is 763. The second-order valence-electron chi connectivity index (χ2n) is 9.20. The van der Waals surface area contributed by atoms with Crippen LogP contribution in [0.25, 0.3) is 0 Å². The lowest BCUT2D eigenvalue weighted by atomic mass is 9.53. The fourth-order valence-corrected chi connectivity index (χ4v) is 8.51. The molecule has 25 heavy (non-hydrogen) atoms. The quantitative estimate of drug-likeness (QED) is 0.794. The molecule has 0 aromatic heterocycles. The lowest BCUT2D eigenvalue weighted by Gasteiger charge is -2.59. The fourth-order valence-electron chi connectivity index (χ4n) is 6.41. The highest BCUT2D eigenvalue weighted by molar-refractivity contribution is 7.89. The van der Waals surface area contributed by atoms with E-state index in [4.69, 9.17) is 0 Å². The number of hydrogen-bond donors (Lipinski definition) is 0. The Hall–Kier alpha value is -0.870. The summed E-state index contributed by atoms with van der Waals surface area (Å²) in [6.45, 7) is 7.96. The molecule has 0 spiro atoms. The Morgan fingerprint density at radius 3 is 1.68 bits per heavy atom. The first-order valence-corrected chi connectivity index (χ1v) is 11.1. The lowest BCUT2D eigenvalue weighted by Crippen LogP contribution is -2.60. The van der Waals surface area contributed by atoms with Crippen molar-refractivity contribution in [1.82, 2.24) is 4.31 Å². The molecule has 0 heterocycles. The van der Waals surface area contributed by atoms with E-state index in [2.05, 4.69) is 6.07 Å². The number of rotatable bonds is 3. The van der Waals surface area contributed by atoms with E-state index in [1.165, 1.54) is 19.3 Å². The van der Waals surface area contributed by atoms with Crippen molar-refractivity contribution in [2.24, 2.45) is 17.8 Å². The fraction of sp³-hybridized carbons (Fsp3) is 0.714. The Morgan fingerprint density at radius 2 is 1.28 bits per heavy atom. The molecule has 0 saturated heterocycles. The summed E-state index contributed by atoms with van der Waals surface area (Å²) >= 11 is 0. The van der Waals surface area contributed by atoms with Crippen molar-refractivity contribution in [1.29, 1.82) is 0 Å². The van der Waals surface area contributed by atoms with E-state index in [0.29, 0.717) is 4.90 Å². The molecule has 0 N–H and O–H groups in total. The minimum Gasteiger partial charge on any atom is -0.207 e. The van der Waals surface area contributed by atoms with Gasteiger partial charge in [-0.05, 0) is 106 Å². The van der Waals surface area contributed by atoms with Gasteiger partial charge >= 0.3 is 0 Å². The predicted molar refractivity (Wildman–Crippen MR) is 101 cm³/mol. The summed E-state index contributed by atoms with van der Waals surface area (Å²) in [4.78, 5) is 0.559. The molecule has 0 aliphatic heterocycles. The van der Waals surface area contributed by atoms with Gasteiger partial charge in [-0.2, -0.15) is 4.31 Å². The molecule has 1 aromatic rings. The van der Waals surface area contributed by atoms with Crippen LogP contribution in [-0.4, -0.2) is 25.3 Å². The molecule has 0 radical (unpaired) electrons. The Balaban J connectivity index is 1.79. The highest BCUT2D eigenvalue weighted by Crippen LogP contribution is 2.58. The monoisotopic (exact) mass is 361 g/mol. The SMILES string of the molecule is Cc1cc(C)c(C)c(S(=O)(=O)N(C)C23CC4CC(CC(C4)C2)C3)c1C. The molecule has 0 atom stereocenters. The van der Waals surface area contributed by atoms with Crippen LogP contribution in [0.1, 0.15) is 60.8 Å². The van der Waals surface area contributed by atoms with E-state index in [1.54, 1.807) is 4.31 Å². The van der Waals surface area contributed by atoms with Crippen LogP contribution in [0.4, 0.5) is 0 Å². The number of hydrogen-bond acceptors (Lipinski definition) is 2. The molecule has 1 aromatic carbocycles. The minimum atomic E-state index is -3.47. The first-order chi connectivity index (χ1) is 11.6. The average Bonchev–Trinajstić information content (AvgIpc) is 2.51. The number of aryl methyl sites for hydroxylation is 2. The zero-order valence-corrected chi connectivity index (χ0v) is 17.0. The molecule has 4 fully saturated rings. The first-order valence-electron chi connectivity index (χ1n) is 9.70. The number of benzene rings is 1. The van der Waals surface area contributed by atoms with E-state index in [9.17, 15) is 8.42 Å². The molecule has 0 amide bonds. The van der Waals surface area contributed by atoms with E-state index < -0.39 is 10.0 Å². The summed E-state index contributed by atoms with van der Waals surface area (Å²) < 4.78 is 29.2. The smallest absolute Gasteiger partial charge is 0.207 e. The van der Waals surface area contributed by atoms with Crippen molar-refractivity contribution in [3.05, 3.63) is 28.3 Å². The molecule has 4 saturated carbocycles. The number of sulfonamides is 1. The Morgan fingerprint density at radius 1 is 0.880 bits per heavy atom. The van der Waals surface area contributed by atoms with Gasteiger partial charge in [0.1, 0.15) is 0 Å². The van der Waals surface area contributed by atoms with E-state index in [1.807, 2.05) is 34.7 Å². The van der Waals surface area contributed by atoms with Crippen LogP contribution < -0.4 is 0 Å². The normalized spacial score (nSPS) is 34.1. The third-order valence-corrected chi connectivity index (χ3v) is 9.83. The van der Waals surface area contributed by atoms with Gasteiger partial charge < -0.3 is 0 Å². The molecular formula is C21H31NO2S. The first kappa shape index (κ1) is 17.5. The van der Waals surface area contributed by atoms with Crippen LogP contribution in [0.5, 0.6) is 0 Å². The predicted octanol–water partition coefficient (Wildman–Crippen LogP) is 4.51. The highest BCUT2D eigenvalue weighted by atomic mass is 32.2. The zero-order valence-electron chi connectivity index (χ0n) is 16.2. The third-order valence-electron chi connectivity index (χ3n) is 7.59. The van der Waals surface area contributed by atoms with Crippen molar-refractivity contribution in [3.63, 3.8) is 0 Å². The molecule has 138 valence electrons. The van der Waals surface area contributed by atoms with E-state index in [-0.39, 0.29) is 5.54 Å². The zero-order chi connectivity index (χ0) is 18.1. The molecule has 4 heteroatoms. The second kappa shape index (κ2) is 5.56. The maximum absolute atomic E-state index is 13.7. The van der Waals surface area contributed by atoms with Gasteiger partial charge in [-0.3, -0.25) is 0 Å². The molecule has 4 aliphatic carbocycles. The second-order valence-corrected chi connectivity index (χ2v) is 11.1. The molecule has 4 bridgehead atoms. The average molecular weight is 362 g/mol. The third kappa shape index (κ3) is 2.51. The van der Waals surface area contributed by atoms with Crippen LogP contribution >= 0.6 is 0 Å². The summed E-state index contributed by atoms with van der Waals surface area (Å²) in [7, 11) is -1.61. The van der Waals surface area contributed by atoms with Crippen molar-refractivity contribution in [2.45, 2.75) is 76.7 Å². The van der Waals surface area contributed by atoms with Gasteiger partial charge in [-0.15, -0.1) is 0 Å². The van der Waals surface area contributed by atoms with Gasteiger partial charge in [-0.25, -0.2) is 8.42 Å². The van der Waals surface area contributed by atoms with Gasteiger partial charge in [0, 0.05) is 12.6 Å². The molecule has 5 rings (SSSR count). The summed E-state index contributed by atoms with van der Waals surface area (Å²) in [6, 6.07) is 2.11. The lowest BCUT2D eigenvalue weighted by molar-refractivity contribution is -0.0496. The van der Waals surface area contributed by atoms with Gasteiger partial charge in [0.05, 0.1) is 4.90 Å². The standard InChI is InChI=1S/C21H31NO2S/c1-13-6-14(2)16(4)20(15(13)3)25(23,24)22(5)21-10-17-7-18(11-21)9-19(8-17)12-21/h6,17-19H,7-12H2,1-5H3. The van der Waals surface area contributed by atoms with Crippen molar-refractivity contribution < 1.29 is 8.42 Å². The van der Waals surface area contributed by atoms with Gasteiger partial charge in [0.2, 0.25) is 10.0 Å². The minimum absolute atomic E-state index is 0.135. The van der Waals surface area contributed by atoms with Gasteiger partial charge in [-0.1, -0.05) is 6.07 Å². The van der Waals surface area contributed by atoms with Crippen LogP contribution in [0.2, 0.25) is 0 Å². The van der Waals surface area contributed by atoms with Crippen molar-refractivity contribution in [2.75, 3.05) is 7.05 Å². The van der Waals surface area contributed by atoms with Crippen LogP contribution in [0.3, 0.4) is 0 Å². The summed E-state index contributed by atoms with van der Waals surface area (Å²) in [5.74, 6) is 2.22. The Labute approximate surface area is 152 Å². The number of nitrogens with zero attached hydrogens (tertiary/aromatic N) is 1. The van der Waals surface area contributed by atoms with E-state index >= 15 is 0 Å². The van der Waals surface area contributed by atoms with Gasteiger partial charge in [0.25, 0.3) is 0 Å². The highest BCUT2D eigenvalue weighted by Gasteiger charge is 2.55. The molecule has 0 unspecified atom stereocenters. The van der Waals surface area contributed by atoms with Gasteiger partial charge in [0.15, 0.2) is 0 Å². The van der Waals surface area contributed by atoms with Crippen molar-refractivity contribution in [3.8, 4) is 0 Å². The maximum Gasteiger partial charge on any atom is 0.243 e. The molecular weight excluding hydrogens is 330 g/mol.